The second kappa shape index (κ2) is 3.65. The normalized spacial score (nSPS) is 9.77. The monoisotopic (exact) mass is 250 g/mol. The zero-order valence-electron chi connectivity index (χ0n) is 6.45. The van der Waals surface area contributed by atoms with Crippen LogP contribution in [0.5, 0.6) is 5.88 Å². The number of halogens is 2. The van der Waals surface area contributed by atoms with Crippen molar-refractivity contribution in [3.63, 3.8) is 0 Å². The smallest absolute Gasteiger partial charge is 0.332 e. The SMILES string of the molecule is COc1nc(F)c(Br)cc1[N+](=O)[O-]. The van der Waals surface area contributed by atoms with Crippen molar-refractivity contribution in [1.29, 1.82) is 0 Å². The maximum absolute atomic E-state index is 12.7. The van der Waals surface area contributed by atoms with Gasteiger partial charge in [0.1, 0.15) is 0 Å². The van der Waals surface area contributed by atoms with E-state index in [9.17, 15) is 14.5 Å². The maximum atomic E-state index is 12.7. The number of hydrogen-bond donors (Lipinski definition) is 0. The summed E-state index contributed by atoms with van der Waals surface area (Å²) in [6, 6.07) is 1.00. The summed E-state index contributed by atoms with van der Waals surface area (Å²) in [4.78, 5) is 12.9. The van der Waals surface area contributed by atoms with E-state index in [2.05, 4.69) is 25.7 Å². The van der Waals surface area contributed by atoms with Gasteiger partial charge in [0.25, 0.3) is 5.88 Å². The van der Waals surface area contributed by atoms with Gasteiger partial charge in [-0.25, -0.2) is 0 Å². The van der Waals surface area contributed by atoms with Gasteiger partial charge in [-0.15, -0.1) is 0 Å². The number of pyridine rings is 1. The molecular weight excluding hydrogens is 247 g/mol. The first-order chi connectivity index (χ1) is 6.06. The molecule has 0 spiro atoms. The van der Waals surface area contributed by atoms with Crippen LogP contribution in [0, 0.1) is 16.1 Å². The Labute approximate surface area is 80.8 Å². The molecule has 0 radical (unpaired) electrons. The molecule has 13 heavy (non-hydrogen) atoms. The number of aromatic nitrogens is 1. The lowest BCUT2D eigenvalue weighted by atomic mass is 10.4. The molecule has 7 heteroatoms. The number of nitro groups is 1. The molecule has 0 amide bonds. The highest BCUT2D eigenvalue weighted by molar-refractivity contribution is 9.10. The second-order valence-electron chi connectivity index (χ2n) is 2.05. The van der Waals surface area contributed by atoms with Gasteiger partial charge in [0, 0.05) is 6.07 Å². The minimum Gasteiger partial charge on any atom is -0.476 e. The van der Waals surface area contributed by atoms with E-state index in [-0.39, 0.29) is 16.0 Å². The van der Waals surface area contributed by atoms with Crippen molar-refractivity contribution < 1.29 is 14.1 Å². The lowest BCUT2D eigenvalue weighted by Crippen LogP contribution is -1.98. The molecule has 0 fully saturated rings. The van der Waals surface area contributed by atoms with Gasteiger partial charge in [0.15, 0.2) is 0 Å². The number of hydrogen-bond acceptors (Lipinski definition) is 4. The third-order valence-corrected chi connectivity index (χ3v) is 1.83. The summed E-state index contributed by atoms with van der Waals surface area (Å²) in [5.74, 6) is -1.19. The maximum Gasteiger partial charge on any atom is 0.332 e. The van der Waals surface area contributed by atoms with E-state index in [0.29, 0.717) is 0 Å². The van der Waals surface area contributed by atoms with E-state index in [1.165, 1.54) is 7.11 Å². The van der Waals surface area contributed by atoms with Crippen molar-refractivity contribution in [3.05, 3.63) is 26.6 Å². The van der Waals surface area contributed by atoms with Gasteiger partial charge in [-0.3, -0.25) is 10.1 Å². The molecule has 0 unspecified atom stereocenters. The zero-order valence-corrected chi connectivity index (χ0v) is 8.04. The fourth-order valence-corrected chi connectivity index (χ4v) is 1.03. The molecule has 1 heterocycles. The van der Waals surface area contributed by atoms with Gasteiger partial charge in [0.2, 0.25) is 5.95 Å². The summed E-state index contributed by atoms with van der Waals surface area (Å²) in [5, 5.41) is 10.4. The summed E-state index contributed by atoms with van der Waals surface area (Å²) in [6.45, 7) is 0. The molecule has 0 saturated heterocycles. The lowest BCUT2D eigenvalue weighted by molar-refractivity contribution is -0.386. The van der Waals surface area contributed by atoms with E-state index < -0.39 is 10.9 Å². The molecule has 1 aromatic heterocycles. The zero-order chi connectivity index (χ0) is 10.0. The van der Waals surface area contributed by atoms with Crippen LogP contribution in [0.4, 0.5) is 10.1 Å². The number of rotatable bonds is 2. The number of ether oxygens (including phenoxy) is 1. The molecule has 0 N–H and O–H groups in total. The van der Waals surface area contributed by atoms with Gasteiger partial charge < -0.3 is 4.74 Å². The highest BCUT2D eigenvalue weighted by Gasteiger charge is 2.19. The molecule has 1 rings (SSSR count). The van der Waals surface area contributed by atoms with Crippen molar-refractivity contribution in [1.82, 2.24) is 4.98 Å². The summed E-state index contributed by atoms with van der Waals surface area (Å²) in [5.41, 5.74) is -0.379. The quantitative estimate of drug-likeness (QED) is 0.457. The first kappa shape index (κ1) is 9.85. The van der Waals surface area contributed by atoms with Crippen LogP contribution in [0.25, 0.3) is 0 Å². The molecule has 0 saturated carbocycles. The summed E-state index contributed by atoms with van der Waals surface area (Å²) < 4.78 is 17.2. The van der Waals surface area contributed by atoms with Gasteiger partial charge in [-0.2, -0.15) is 9.37 Å². The van der Waals surface area contributed by atoms with Crippen LogP contribution < -0.4 is 4.74 Å². The summed E-state index contributed by atoms with van der Waals surface area (Å²) in [7, 11) is 1.18. The van der Waals surface area contributed by atoms with Gasteiger partial charge in [0.05, 0.1) is 16.5 Å². The molecule has 0 aromatic carbocycles. The van der Waals surface area contributed by atoms with E-state index >= 15 is 0 Å². The van der Waals surface area contributed by atoms with Crippen LogP contribution in [0.15, 0.2) is 10.5 Å². The van der Waals surface area contributed by atoms with Crippen LogP contribution in [-0.4, -0.2) is 17.0 Å². The first-order valence-corrected chi connectivity index (χ1v) is 3.90. The van der Waals surface area contributed by atoms with E-state index in [0.717, 1.165) is 6.07 Å². The minimum absolute atomic E-state index is 0.0694. The predicted octanol–water partition coefficient (Wildman–Crippen LogP) is 1.90. The Morgan fingerprint density at radius 3 is 2.85 bits per heavy atom. The highest BCUT2D eigenvalue weighted by Crippen LogP contribution is 2.28. The molecule has 0 bridgehead atoms. The van der Waals surface area contributed by atoms with Gasteiger partial charge in [-0.05, 0) is 15.9 Å². The standard InChI is InChI=1S/C6H4BrFN2O3/c1-13-6-4(10(11)12)2-3(7)5(8)9-6/h2H,1H3. The largest absolute Gasteiger partial charge is 0.476 e. The van der Waals surface area contributed by atoms with Crippen molar-refractivity contribution in [2.75, 3.05) is 7.11 Å². The van der Waals surface area contributed by atoms with E-state index in [1.807, 2.05) is 0 Å². The number of nitrogens with zero attached hydrogens (tertiary/aromatic N) is 2. The van der Waals surface area contributed by atoms with Crippen LogP contribution >= 0.6 is 15.9 Å². The van der Waals surface area contributed by atoms with Crippen molar-refractivity contribution in [2.24, 2.45) is 0 Å². The lowest BCUT2D eigenvalue weighted by Gasteiger charge is -2.00. The fourth-order valence-electron chi connectivity index (χ4n) is 0.722. The average molecular weight is 251 g/mol. The molecule has 0 aliphatic heterocycles. The Bertz CT molecular complexity index is 358. The molecular formula is C6H4BrFN2O3. The topological polar surface area (TPSA) is 65.3 Å². The minimum atomic E-state index is -0.845. The summed E-state index contributed by atoms with van der Waals surface area (Å²) in [6.07, 6.45) is 0. The third-order valence-electron chi connectivity index (χ3n) is 1.27. The van der Waals surface area contributed by atoms with E-state index in [1.54, 1.807) is 0 Å². The Morgan fingerprint density at radius 1 is 1.77 bits per heavy atom. The summed E-state index contributed by atoms with van der Waals surface area (Å²) >= 11 is 2.78. The van der Waals surface area contributed by atoms with Gasteiger partial charge >= 0.3 is 5.69 Å². The molecule has 70 valence electrons. The molecule has 0 atom stereocenters. The van der Waals surface area contributed by atoms with Crippen LogP contribution in [0.2, 0.25) is 0 Å². The van der Waals surface area contributed by atoms with Crippen LogP contribution in [0.3, 0.4) is 0 Å². The van der Waals surface area contributed by atoms with Crippen LogP contribution in [0.1, 0.15) is 0 Å². The van der Waals surface area contributed by atoms with Crippen molar-refractivity contribution in [3.8, 4) is 5.88 Å². The van der Waals surface area contributed by atoms with Gasteiger partial charge in [-0.1, -0.05) is 0 Å². The molecule has 0 aliphatic carbocycles. The highest BCUT2D eigenvalue weighted by atomic mass is 79.9. The Kier molecular flexibility index (Phi) is 2.76. The predicted molar refractivity (Wildman–Crippen MR) is 45.1 cm³/mol. The first-order valence-electron chi connectivity index (χ1n) is 3.10. The van der Waals surface area contributed by atoms with Crippen molar-refractivity contribution >= 4 is 21.6 Å². The van der Waals surface area contributed by atoms with Crippen LogP contribution in [-0.2, 0) is 0 Å². The Balaban J connectivity index is 3.33. The second-order valence-corrected chi connectivity index (χ2v) is 2.90. The molecule has 5 nitrogen and oxygen atoms in total. The Morgan fingerprint density at radius 2 is 2.38 bits per heavy atom. The molecule has 1 aromatic rings. The van der Waals surface area contributed by atoms with E-state index in [4.69, 9.17) is 0 Å². The molecule has 0 aliphatic rings. The fraction of sp³-hybridized carbons (Fsp3) is 0.167. The average Bonchev–Trinajstić information content (AvgIpc) is 2.08. The van der Waals surface area contributed by atoms with Crippen molar-refractivity contribution in [2.45, 2.75) is 0 Å². The Hall–Kier alpha value is -1.24. The third kappa shape index (κ3) is 1.92. The number of methoxy groups -OCH3 is 1.